The van der Waals surface area contributed by atoms with Gasteiger partial charge in [-0.05, 0) is 25.0 Å². The van der Waals surface area contributed by atoms with Crippen molar-refractivity contribution in [3.05, 3.63) is 52.2 Å². The van der Waals surface area contributed by atoms with Crippen LogP contribution in [-0.2, 0) is 0 Å². The maximum atomic E-state index is 13.3. The van der Waals surface area contributed by atoms with Crippen molar-refractivity contribution < 1.29 is 9.90 Å². The van der Waals surface area contributed by atoms with E-state index in [4.69, 9.17) is 0 Å². The van der Waals surface area contributed by atoms with Crippen LogP contribution in [0.15, 0.2) is 35.3 Å². The molecular weight excluding hydrogens is 372 g/mol. The van der Waals surface area contributed by atoms with E-state index >= 15 is 0 Å². The first-order chi connectivity index (χ1) is 14.0. The lowest BCUT2D eigenvalue weighted by Crippen LogP contribution is -2.38. The third-order valence-corrected chi connectivity index (χ3v) is 4.83. The molecule has 1 atom stereocenters. The minimum atomic E-state index is -1.08. The van der Waals surface area contributed by atoms with Crippen molar-refractivity contribution >= 4 is 17.0 Å². The summed E-state index contributed by atoms with van der Waals surface area (Å²) < 4.78 is 1.35. The Bertz CT molecular complexity index is 1110. The van der Waals surface area contributed by atoms with E-state index in [1.54, 1.807) is 24.3 Å². The zero-order valence-corrected chi connectivity index (χ0v) is 16.3. The molecule has 0 bridgehead atoms. The van der Waals surface area contributed by atoms with Gasteiger partial charge in [-0.1, -0.05) is 26.3 Å². The average molecular weight is 394 g/mol. The molecule has 1 aromatic carbocycles. The average Bonchev–Trinajstić information content (AvgIpc) is 3.24. The minimum Gasteiger partial charge on any atom is -0.465 e. The zero-order valence-electron chi connectivity index (χ0n) is 16.3. The fourth-order valence-electron chi connectivity index (χ4n) is 3.40. The predicted octanol–water partition coefficient (Wildman–Crippen LogP) is 3.21. The number of benzene rings is 1. The standard InChI is InChI=1S/C20H22N6O3/c1-3-5-11-25(20(28)29)15(4-2)18-23-17-13(12-21)7-6-8-14(17)19(27)26(18)16-9-10-22-24-16/h6-10,15H,3-5,11H2,1-2H3,(H,22,24)(H,28,29). The van der Waals surface area contributed by atoms with Crippen molar-refractivity contribution in [2.75, 3.05) is 6.54 Å². The summed E-state index contributed by atoms with van der Waals surface area (Å²) in [6.45, 7) is 4.15. The van der Waals surface area contributed by atoms with Gasteiger partial charge in [0.2, 0.25) is 0 Å². The number of aromatic amines is 1. The molecule has 0 aliphatic rings. The Kier molecular flexibility index (Phi) is 5.93. The second kappa shape index (κ2) is 8.56. The number of carboxylic acid groups (broad SMARTS) is 1. The summed E-state index contributed by atoms with van der Waals surface area (Å²) in [7, 11) is 0. The fourth-order valence-corrected chi connectivity index (χ4v) is 3.40. The molecule has 0 aliphatic heterocycles. The number of amides is 1. The zero-order chi connectivity index (χ0) is 21.0. The maximum absolute atomic E-state index is 13.3. The largest absolute Gasteiger partial charge is 0.465 e. The normalized spacial score (nSPS) is 11.9. The molecule has 2 N–H and O–H groups in total. The summed E-state index contributed by atoms with van der Waals surface area (Å²) in [4.78, 5) is 31.3. The summed E-state index contributed by atoms with van der Waals surface area (Å²) in [5.74, 6) is 0.650. The molecule has 9 heteroatoms. The van der Waals surface area contributed by atoms with E-state index in [-0.39, 0.29) is 27.9 Å². The van der Waals surface area contributed by atoms with Crippen molar-refractivity contribution in [2.24, 2.45) is 0 Å². The van der Waals surface area contributed by atoms with Crippen LogP contribution in [0.1, 0.15) is 50.5 Å². The number of fused-ring (bicyclic) bond motifs is 1. The first-order valence-electron chi connectivity index (χ1n) is 9.48. The Morgan fingerprint density at radius 2 is 2.17 bits per heavy atom. The van der Waals surface area contributed by atoms with E-state index in [0.717, 1.165) is 6.42 Å². The lowest BCUT2D eigenvalue weighted by molar-refractivity contribution is 0.118. The van der Waals surface area contributed by atoms with Crippen molar-refractivity contribution in [3.63, 3.8) is 0 Å². The van der Waals surface area contributed by atoms with Crippen LogP contribution in [0, 0.1) is 11.3 Å². The van der Waals surface area contributed by atoms with Crippen LogP contribution in [0.3, 0.4) is 0 Å². The minimum absolute atomic E-state index is 0.260. The van der Waals surface area contributed by atoms with E-state index in [2.05, 4.69) is 21.3 Å². The molecule has 0 aliphatic carbocycles. The maximum Gasteiger partial charge on any atom is 0.407 e. The van der Waals surface area contributed by atoms with Gasteiger partial charge in [0.25, 0.3) is 5.56 Å². The lowest BCUT2D eigenvalue weighted by Gasteiger charge is -2.29. The highest BCUT2D eigenvalue weighted by Gasteiger charge is 2.29. The number of hydrogen-bond acceptors (Lipinski definition) is 5. The van der Waals surface area contributed by atoms with Gasteiger partial charge in [-0.15, -0.1) is 0 Å². The lowest BCUT2D eigenvalue weighted by atomic mass is 10.1. The first kappa shape index (κ1) is 20.1. The Labute approximate surface area is 167 Å². The van der Waals surface area contributed by atoms with Crippen LogP contribution in [0.5, 0.6) is 0 Å². The van der Waals surface area contributed by atoms with Crippen LogP contribution < -0.4 is 5.56 Å². The number of carbonyl (C=O) groups is 1. The highest BCUT2D eigenvalue weighted by Crippen LogP contribution is 2.26. The van der Waals surface area contributed by atoms with Crippen LogP contribution >= 0.6 is 0 Å². The molecule has 0 radical (unpaired) electrons. The summed E-state index contributed by atoms with van der Waals surface area (Å²) in [5.41, 5.74) is 0.151. The Morgan fingerprint density at radius 1 is 1.38 bits per heavy atom. The van der Waals surface area contributed by atoms with E-state index in [9.17, 15) is 20.0 Å². The number of rotatable bonds is 7. The number of hydrogen-bond donors (Lipinski definition) is 2. The second-order valence-corrected chi connectivity index (χ2v) is 6.62. The number of unbranched alkanes of at least 4 members (excludes halogenated alkanes) is 1. The number of aromatic nitrogens is 4. The second-order valence-electron chi connectivity index (χ2n) is 6.62. The summed E-state index contributed by atoms with van der Waals surface area (Å²) >= 11 is 0. The van der Waals surface area contributed by atoms with Crippen LogP contribution in [0.2, 0.25) is 0 Å². The smallest absolute Gasteiger partial charge is 0.407 e. The van der Waals surface area contributed by atoms with Gasteiger partial charge in [0, 0.05) is 12.6 Å². The van der Waals surface area contributed by atoms with Gasteiger partial charge in [0.1, 0.15) is 17.7 Å². The molecule has 9 nitrogen and oxygen atoms in total. The molecule has 0 fully saturated rings. The van der Waals surface area contributed by atoms with Gasteiger partial charge >= 0.3 is 6.09 Å². The number of nitriles is 1. The molecule has 0 spiro atoms. The highest BCUT2D eigenvalue weighted by atomic mass is 16.4. The van der Waals surface area contributed by atoms with Gasteiger partial charge in [-0.3, -0.25) is 14.8 Å². The van der Waals surface area contributed by atoms with Gasteiger partial charge < -0.3 is 5.11 Å². The number of H-pyrrole nitrogens is 1. The molecule has 1 unspecified atom stereocenters. The number of nitrogens with one attached hydrogen (secondary N) is 1. The van der Waals surface area contributed by atoms with Gasteiger partial charge in [-0.25, -0.2) is 14.3 Å². The third kappa shape index (κ3) is 3.69. The van der Waals surface area contributed by atoms with E-state index in [0.29, 0.717) is 25.2 Å². The monoisotopic (exact) mass is 394 g/mol. The van der Waals surface area contributed by atoms with Gasteiger partial charge in [-0.2, -0.15) is 10.4 Å². The van der Waals surface area contributed by atoms with Crippen molar-refractivity contribution in [2.45, 2.75) is 39.2 Å². The summed E-state index contributed by atoms with van der Waals surface area (Å²) in [6, 6.07) is 7.85. The SMILES string of the molecule is CCCCN(C(=O)O)C(CC)c1nc2c(C#N)cccc2c(=O)n1-c1ccn[nH]1. The molecule has 0 saturated heterocycles. The molecule has 3 aromatic rings. The Hall–Kier alpha value is -3.67. The number of nitrogens with zero attached hydrogens (tertiary/aromatic N) is 5. The molecule has 2 aromatic heterocycles. The number of para-hydroxylation sites is 1. The molecule has 2 heterocycles. The van der Waals surface area contributed by atoms with Crippen molar-refractivity contribution in [1.82, 2.24) is 24.6 Å². The molecular formula is C20H22N6O3. The molecule has 0 saturated carbocycles. The summed E-state index contributed by atoms with van der Waals surface area (Å²) in [6.07, 6.45) is 2.36. The van der Waals surface area contributed by atoms with E-state index in [1.807, 2.05) is 13.8 Å². The van der Waals surface area contributed by atoms with E-state index in [1.165, 1.54) is 15.7 Å². The molecule has 1 amide bonds. The van der Waals surface area contributed by atoms with Crippen LogP contribution in [-0.4, -0.2) is 42.4 Å². The first-order valence-corrected chi connectivity index (χ1v) is 9.48. The van der Waals surface area contributed by atoms with Gasteiger partial charge in [0.05, 0.1) is 28.7 Å². The fraction of sp³-hybridized carbons (Fsp3) is 0.350. The van der Waals surface area contributed by atoms with Crippen molar-refractivity contribution in [3.8, 4) is 11.9 Å². The topological polar surface area (TPSA) is 128 Å². The highest BCUT2D eigenvalue weighted by molar-refractivity contribution is 5.83. The van der Waals surface area contributed by atoms with Gasteiger partial charge in [0.15, 0.2) is 0 Å². The Morgan fingerprint density at radius 3 is 2.76 bits per heavy atom. The quantitative estimate of drug-likeness (QED) is 0.633. The molecule has 3 rings (SSSR count). The summed E-state index contributed by atoms with van der Waals surface area (Å²) in [5, 5.41) is 26.2. The third-order valence-electron chi connectivity index (χ3n) is 4.83. The van der Waals surface area contributed by atoms with Crippen molar-refractivity contribution in [1.29, 1.82) is 5.26 Å². The molecule has 150 valence electrons. The predicted molar refractivity (Wildman–Crippen MR) is 107 cm³/mol. The van der Waals surface area contributed by atoms with E-state index < -0.39 is 12.1 Å². The van der Waals surface area contributed by atoms with Crippen LogP contribution in [0.4, 0.5) is 4.79 Å². The molecule has 29 heavy (non-hydrogen) atoms. The van der Waals surface area contributed by atoms with Crippen LogP contribution in [0.25, 0.3) is 16.7 Å². The Balaban J connectivity index is 2.34.